The summed E-state index contributed by atoms with van der Waals surface area (Å²) < 4.78 is 26.7. The number of nitrogens with two attached hydrogens (primary N) is 1. The summed E-state index contributed by atoms with van der Waals surface area (Å²) in [6, 6.07) is 0.515. The van der Waals surface area contributed by atoms with Crippen molar-refractivity contribution in [3.63, 3.8) is 0 Å². The maximum absolute atomic E-state index is 12.5. The van der Waals surface area contributed by atoms with Crippen LogP contribution in [-0.2, 0) is 10.0 Å². The van der Waals surface area contributed by atoms with Crippen molar-refractivity contribution >= 4 is 10.0 Å². The molecule has 2 unspecified atom stereocenters. The molecule has 2 N–H and O–H groups in total. The largest absolute Gasteiger partial charge is 0.328 e. The van der Waals surface area contributed by atoms with E-state index in [1.807, 2.05) is 20.8 Å². The van der Waals surface area contributed by atoms with Crippen molar-refractivity contribution in [3.05, 3.63) is 0 Å². The molecule has 0 aromatic heterocycles. The Balaban J connectivity index is 2.18. The maximum Gasteiger partial charge on any atom is 0.215 e. The average molecular weight is 260 g/mol. The molecule has 100 valence electrons. The van der Waals surface area contributed by atoms with Crippen LogP contribution >= 0.6 is 0 Å². The van der Waals surface area contributed by atoms with Gasteiger partial charge in [0.2, 0.25) is 10.0 Å². The fourth-order valence-electron chi connectivity index (χ4n) is 3.25. The lowest BCUT2D eigenvalue weighted by atomic mass is 10.0. The third-order valence-corrected chi connectivity index (χ3v) is 6.11. The van der Waals surface area contributed by atoms with Gasteiger partial charge < -0.3 is 5.73 Å². The smallest absolute Gasteiger partial charge is 0.215 e. The van der Waals surface area contributed by atoms with E-state index in [1.54, 1.807) is 4.31 Å². The Hall–Kier alpha value is -0.130. The van der Waals surface area contributed by atoms with Crippen molar-refractivity contribution in [3.8, 4) is 0 Å². The van der Waals surface area contributed by atoms with Gasteiger partial charge in [-0.1, -0.05) is 20.8 Å². The SMILES string of the molecule is CC(C)(C)CS(=O)(=O)N1C2CCC1CC(N)C2. The van der Waals surface area contributed by atoms with Gasteiger partial charge in [-0.25, -0.2) is 8.42 Å². The summed E-state index contributed by atoms with van der Waals surface area (Å²) in [7, 11) is -3.12. The molecule has 2 atom stereocenters. The zero-order valence-corrected chi connectivity index (χ0v) is 11.8. The van der Waals surface area contributed by atoms with Gasteiger partial charge in [-0.15, -0.1) is 0 Å². The minimum absolute atomic E-state index is 0.163. The monoisotopic (exact) mass is 260 g/mol. The highest BCUT2D eigenvalue weighted by Crippen LogP contribution is 2.38. The summed E-state index contributed by atoms with van der Waals surface area (Å²) >= 11 is 0. The van der Waals surface area contributed by atoms with Crippen LogP contribution in [0.2, 0.25) is 0 Å². The van der Waals surface area contributed by atoms with Crippen molar-refractivity contribution in [2.75, 3.05) is 5.75 Å². The van der Waals surface area contributed by atoms with Crippen LogP contribution in [0.4, 0.5) is 0 Å². The Morgan fingerprint density at radius 2 is 1.65 bits per heavy atom. The molecule has 0 spiro atoms. The lowest BCUT2D eigenvalue weighted by Gasteiger charge is -2.38. The van der Waals surface area contributed by atoms with Gasteiger partial charge in [0, 0.05) is 18.1 Å². The van der Waals surface area contributed by atoms with E-state index in [2.05, 4.69) is 0 Å². The highest BCUT2D eigenvalue weighted by atomic mass is 32.2. The molecule has 0 saturated carbocycles. The van der Waals surface area contributed by atoms with E-state index in [9.17, 15) is 8.42 Å². The minimum atomic E-state index is -3.12. The molecule has 2 aliphatic rings. The normalized spacial score (nSPS) is 35.2. The maximum atomic E-state index is 12.5. The fraction of sp³-hybridized carbons (Fsp3) is 1.00. The van der Waals surface area contributed by atoms with Crippen LogP contribution in [0.5, 0.6) is 0 Å². The quantitative estimate of drug-likeness (QED) is 0.814. The number of sulfonamides is 1. The van der Waals surface area contributed by atoms with Gasteiger partial charge in [0.25, 0.3) is 0 Å². The van der Waals surface area contributed by atoms with Crippen LogP contribution in [0.15, 0.2) is 0 Å². The summed E-state index contributed by atoms with van der Waals surface area (Å²) in [5.41, 5.74) is 5.78. The average Bonchev–Trinajstić information content (AvgIpc) is 2.36. The lowest BCUT2D eigenvalue weighted by molar-refractivity contribution is 0.224. The molecular weight excluding hydrogens is 236 g/mol. The van der Waals surface area contributed by atoms with Crippen molar-refractivity contribution in [1.82, 2.24) is 4.31 Å². The Labute approximate surface area is 105 Å². The summed E-state index contributed by atoms with van der Waals surface area (Å²) in [4.78, 5) is 0. The molecular formula is C12H24N2O2S. The Kier molecular flexibility index (Phi) is 3.30. The van der Waals surface area contributed by atoms with E-state index in [0.717, 1.165) is 25.7 Å². The lowest BCUT2D eigenvalue weighted by Crippen LogP contribution is -2.51. The molecule has 0 amide bonds. The molecule has 0 aliphatic carbocycles. The zero-order valence-electron chi connectivity index (χ0n) is 11.0. The molecule has 2 bridgehead atoms. The van der Waals surface area contributed by atoms with Gasteiger partial charge in [0.1, 0.15) is 0 Å². The molecule has 0 radical (unpaired) electrons. The molecule has 2 aliphatic heterocycles. The minimum Gasteiger partial charge on any atom is -0.328 e. The first-order valence-electron chi connectivity index (χ1n) is 6.46. The molecule has 2 rings (SSSR count). The van der Waals surface area contributed by atoms with E-state index in [1.165, 1.54) is 0 Å². The third-order valence-electron chi connectivity index (χ3n) is 3.64. The van der Waals surface area contributed by atoms with Gasteiger partial charge in [0.15, 0.2) is 0 Å². The second-order valence-electron chi connectivity index (χ2n) is 6.76. The number of fused-ring (bicyclic) bond motifs is 2. The van der Waals surface area contributed by atoms with Crippen LogP contribution < -0.4 is 5.73 Å². The molecule has 17 heavy (non-hydrogen) atoms. The number of piperidine rings is 1. The summed E-state index contributed by atoms with van der Waals surface area (Å²) in [5, 5.41) is 0. The fourth-order valence-corrected chi connectivity index (χ4v) is 5.79. The van der Waals surface area contributed by atoms with Gasteiger partial charge >= 0.3 is 0 Å². The summed E-state index contributed by atoms with van der Waals surface area (Å²) in [6.07, 6.45) is 3.64. The topological polar surface area (TPSA) is 63.4 Å². The molecule has 2 saturated heterocycles. The van der Waals surface area contributed by atoms with Crippen LogP contribution in [0.3, 0.4) is 0 Å². The van der Waals surface area contributed by atoms with Crippen LogP contribution in [0.25, 0.3) is 0 Å². The van der Waals surface area contributed by atoms with Crippen molar-refractivity contribution < 1.29 is 8.42 Å². The predicted octanol–water partition coefficient (Wildman–Crippen LogP) is 1.32. The van der Waals surface area contributed by atoms with E-state index < -0.39 is 10.0 Å². The van der Waals surface area contributed by atoms with Crippen LogP contribution in [-0.4, -0.2) is 36.6 Å². The molecule has 5 heteroatoms. The van der Waals surface area contributed by atoms with Gasteiger partial charge in [-0.2, -0.15) is 4.31 Å². The Bertz CT molecular complexity index is 372. The predicted molar refractivity (Wildman–Crippen MR) is 69.1 cm³/mol. The summed E-state index contributed by atoms with van der Waals surface area (Å²) in [6.45, 7) is 5.92. The van der Waals surface area contributed by atoms with E-state index in [0.29, 0.717) is 0 Å². The van der Waals surface area contributed by atoms with E-state index in [4.69, 9.17) is 5.73 Å². The number of hydrogen-bond donors (Lipinski definition) is 1. The van der Waals surface area contributed by atoms with Crippen molar-refractivity contribution in [2.45, 2.75) is 64.6 Å². The van der Waals surface area contributed by atoms with E-state index in [-0.39, 0.29) is 29.3 Å². The van der Waals surface area contributed by atoms with Gasteiger partial charge in [-0.05, 0) is 31.1 Å². The van der Waals surface area contributed by atoms with Crippen molar-refractivity contribution in [1.29, 1.82) is 0 Å². The first-order valence-corrected chi connectivity index (χ1v) is 8.07. The standard InChI is InChI=1S/C12H24N2O2S/c1-12(2,3)8-17(15,16)14-10-4-5-11(14)7-9(13)6-10/h9-11H,4-8,13H2,1-3H3. The molecule has 0 aromatic rings. The first-order chi connectivity index (χ1) is 7.69. The van der Waals surface area contributed by atoms with Gasteiger partial charge in [-0.3, -0.25) is 0 Å². The van der Waals surface area contributed by atoms with Crippen molar-refractivity contribution in [2.24, 2.45) is 11.1 Å². The third kappa shape index (κ3) is 2.83. The molecule has 4 nitrogen and oxygen atoms in total. The Morgan fingerprint density at radius 3 is 2.06 bits per heavy atom. The van der Waals surface area contributed by atoms with Gasteiger partial charge in [0.05, 0.1) is 5.75 Å². The first kappa shape index (κ1) is 13.3. The molecule has 2 fully saturated rings. The van der Waals surface area contributed by atoms with Crippen LogP contribution in [0, 0.1) is 5.41 Å². The zero-order chi connectivity index (χ0) is 12.8. The second kappa shape index (κ2) is 4.21. The molecule has 0 aromatic carbocycles. The summed E-state index contributed by atoms with van der Waals surface area (Å²) in [5.74, 6) is 0.238. The highest BCUT2D eigenvalue weighted by molar-refractivity contribution is 7.89. The van der Waals surface area contributed by atoms with Crippen LogP contribution in [0.1, 0.15) is 46.5 Å². The van der Waals surface area contributed by atoms with E-state index >= 15 is 0 Å². The number of hydrogen-bond acceptors (Lipinski definition) is 3. The molecule has 2 heterocycles. The second-order valence-corrected chi connectivity index (χ2v) is 8.64. The number of nitrogens with zero attached hydrogens (tertiary/aromatic N) is 1. The Morgan fingerprint density at radius 1 is 1.18 bits per heavy atom. The highest BCUT2D eigenvalue weighted by Gasteiger charge is 2.46. The number of rotatable bonds is 2.